The molecule has 0 nitrogen and oxygen atoms in total. The molecule has 0 atom stereocenters. The molecule has 1 aromatic rings. The molecule has 0 fully saturated rings. The quantitative estimate of drug-likeness (QED) is 0.630. The van der Waals surface area contributed by atoms with E-state index in [4.69, 9.17) is 0 Å². The van der Waals surface area contributed by atoms with Gasteiger partial charge in [0.1, 0.15) is 0 Å². The smallest absolute Gasteiger partial charge is 0.343 e. The molecule has 1 heteroatoms. The fourth-order valence-electron chi connectivity index (χ4n) is 1.66. The van der Waals surface area contributed by atoms with Crippen molar-refractivity contribution in [3.05, 3.63) is 34.7 Å². The zero-order valence-corrected chi connectivity index (χ0v) is 15.0. The van der Waals surface area contributed by atoms with E-state index in [0.29, 0.717) is 0 Å². The summed E-state index contributed by atoms with van der Waals surface area (Å²) in [4.78, 5) is 0. The fourth-order valence-corrected chi connectivity index (χ4v) is 1.66. The van der Waals surface area contributed by atoms with Crippen molar-refractivity contribution in [2.75, 3.05) is 0 Å². The zero-order valence-electron chi connectivity index (χ0n) is 11.8. The first kappa shape index (κ1) is 18.5. The summed E-state index contributed by atoms with van der Waals surface area (Å²) in [5.41, 5.74) is 7.34. The van der Waals surface area contributed by atoms with Crippen molar-refractivity contribution in [3.63, 3.8) is 0 Å². The van der Waals surface area contributed by atoms with Crippen LogP contribution in [0, 0.1) is 41.5 Å². The molecule has 1 radical (unpaired) electrons. The van der Waals surface area contributed by atoms with Gasteiger partial charge in [0.15, 0.2) is 0 Å². The van der Waals surface area contributed by atoms with Gasteiger partial charge in [-0.25, -0.2) is 0 Å². The van der Waals surface area contributed by atoms with Gasteiger partial charge in [-0.2, -0.15) is 34.2 Å². The van der Waals surface area contributed by atoms with Crippen LogP contribution < -0.4 is 0 Å². The van der Waals surface area contributed by atoms with Gasteiger partial charge in [-0.05, 0) is 0 Å². The first-order valence-electron chi connectivity index (χ1n) is 5.96. The Morgan fingerprint density at radius 3 is 1.44 bits per heavy atom. The Morgan fingerprint density at radius 1 is 1.00 bits per heavy atom. The van der Waals surface area contributed by atoms with Crippen LogP contribution in [0.5, 0.6) is 0 Å². The Labute approximate surface area is 118 Å². The Morgan fingerprint density at radius 2 is 1.38 bits per heavy atom. The topological polar surface area (TPSA) is 0 Å². The second-order valence-corrected chi connectivity index (χ2v) is 4.33. The molecule has 0 saturated carbocycles. The van der Waals surface area contributed by atoms with Gasteiger partial charge in [0.25, 0.3) is 0 Å². The maximum absolute atomic E-state index is 3.68. The molecule has 0 aliphatic carbocycles. The van der Waals surface area contributed by atoms with E-state index in [2.05, 4.69) is 48.5 Å². The van der Waals surface area contributed by atoms with Gasteiger partial charge in [0.05, 0.1) is 0 Å². The van der Waals surface area contributed by atoms with Crippen LogP contribution in [0.25, 0.3) is 0 Å². The third-order valence-electron chi connectivity index (χ3n) is 3.42. The number of unbranched alkanes of at least 4 members (excludes halogenated alkanes) is 2. The molecular formula is C15H26Ta. The molecule has 0 bridgehead atoms. The number of rotatable bonds is 2. The summed E-state index contributed by atoms with van der Waals surface area (Å²) in [5.74, 6) is 0. The van der Waals surface area contributed by atoms with E-state index in [1.807, 2.05) is 0 Å². The van der Waals surface area contributed by atoms with E-state index in [-0.39, 0.29) is 22.4 Å². The number of hydrogen-bond acceptors (Lipinski definition) is 0. The van der Waals surface area contributed by atoms with Crippen molar-refractivity contribution in [2.24, 2.45) is 0 Å². The average Bonchev–Trinajstić information content (AvgIpc) is 2.39. The molecule has 0 saturated heterocycles. The molecule has 0 amide bonds. The van der Waals surface area contributed by atoms with Crippen molar-refractivity contribution in [1.82, 2.24) is 0 Å². The van der Waals surface area contributed by atoms with E-state index in [1.54, 1.807) is 0 Å². The predicted molar refractivity (Wildman–Crippen MR) is 70.6 cm³/mol. The monoisotopic (exact) mass is 387 g/mol. The van der Waals surface area contributed by atoms with Crippen LogP contribution in [0.1, 0.15) is 54.0 Å². The van der Waals surface area contributed by atoms with Crippen LogP contribution in [-0.4, -0.2) is 0 Å². The van der Waals surface area contributed by atoms with Crippen molar-refractivity contribution in [3.8, 4) is 0 Å². The summed E-state index contributed by atoms with van der Waals surface area (Å²) in [6.07, 6.45) is 3.65. The molecule has 1 aromatic carbocycles. The summed E-state index contributed by atoms with van der Waals surface area (Å²) in [7, 11) is 0. The van der Waals surface area contributed by atoms with E-state index in [1.165, 1.54) is 40.7 Å². The molecule has 0 aromatic heterocycles. The second kappa shape index (κ2) is 9.15. The number of hydrogen-bond donors (Lipinski definition) is 0. The minimum absolute atomic E-state index is 0. The van der Waals surface area contributed by atoms with Crippen LogP contribution in [-0.2, 0) is 22.4 Å². The van der Waals surface area contributed by atoms with E-state index in [0.717, 1.165) is 6.42 Å². The maximum Gasteiger partial charge on any atom is 2.00 e. The zero-order chi connectivity index (χ0) is 12.0. The summed E-state index contributed by atoms with van der Waals surface area (Å²) in [6.45, 7) is 16.8. The standard InChI is InChI=1S/C10H15.C5H11.Ta/c1-6-7(2)9(4)10(5)8(6)3;1-3-5-4-2;/h1-5H3;1,3-5H2,2H3;/q2*-1;+2. The first-order valence-corrected chi connectivity index (χ1v) is 5.96. The summed E-state index contributed by atoms with van der Waals surface area (Å²) in [6, 6.07) is 0. The minimum atomic E-state index is 0. The molecule has 0 heterocycles. The van der Waals surface area contributed by atoms with Crippen molar-refractivity contribution in [2.45, 2.75) is 60.8 Å². The molecule has 91 valence electrons. The van der Waals surface area contributed by atoms with E-state index in [9.17, 15) is 0 Å². The minimum Gasteiger partial charge on any atom is -0.343 e. The average molecular weight is 387 g/mol. The summed E-state index contributed by atoms with van der Waals surface area (Å²) >= 11 is 0. The van der Waals surface area contributed by atoms with Gasteiger partial charge in [-0.3, -0.25) is 0 Å². The molecule has 0 aliphatic heterocycles. The van der Waals surface area contributed by atoms with Crippen LogP contribution in [0.15, 0.2) is 0 Å². The second-order valence-electron chi connectivity index (χ2n) is 4.33. The Bertz CT molecular complexity index is 213. The molecule has 0 spiro atoms. The molecule has 0 unspecified atom stereocenters. The maximum atomic E-state index is 3.68. The van der Waals surface area contributed by atoms with Gasteiger partial charge >= 0.3 is 22.4 Å². The third-order valence-corrected chi connectivity index (χ3v) is 3.42. The van der Waals surface area contributed by atoms with E-state index >= 15 is 0 Å². The van der Waals surface area contributed by atoms with Gasteiger partial charge in [0.2, 0.25) is 0 Å². The van der Waals surface area contributed by atoms with Crippen molar-refractivity contribution < 1.29 is 22.4 Å². The SMILES string of the molecule is Cc1c(C)c(C)[c-](C)c1C.[CH2-]CCCC.[Ta+2]. The van der Waals surface area contributed by atoms with Crippen LogP contribution in [0.3, 0.4) is 0 Å². The molecular weight excluding hydrogens is 361 g/mol. The van der Waals surface area contributed by atoms with Gasteiger partial charge < -0.3 is 6.92 Å². The first-order chi connectivity index (χ1) is 6.97. The Kier molecular flexibility index (Phi) is 10.6. The molecule has 0 aliphatic rings. The summed E-state index contributed by atoms with van der Waals surface area (Å²) < 4.78 is 0. The van der Waals surface area contributed by atoms with Crippen LogP contribution in [0.2, 0.25) is 0 Å². The van der Waals surface area contributed by atoms with Gasteiger partial charge in [-0.1, -0.05) is 54.4 Å². The van der Waals surface area contributed by atoms with Crippen LogP contribution in [0.4, 0.5) is 0 Å². The third kappa shape index (κ3) is 4.95. The predicted octanol–water partition coefficient (Wildman–Crippen LogP) is 4.96. The summed E-state index contributed by atoms with van der Waals surface area (Å²) in [5, 5.41) is 0. The van der Waals surface area contributed by atoms with Gasteiger partial charge in [0, 0.05) is 0 Å². The normalized spacial score (nSPS) is 9.19. The van der Waals surface area contributed by atoms with Crippen molar-refractivity contribution in [1.29, 1.82) is 0 Å². The van der Waals surface area contributed by atoms with Gasteiger partial charge in [-0.15, -0.1) is 0 Å². The Hall–Kier alpha value is 0.0903. The van der Waals surface area contributed by atoms with E-state index < -0.39 is 0 Å². The Balaban J connectivity index is 0. The molecule has 16 heavy (non-hydrogen) atoms. The molecule has 1 rings (SSSR count). The fraction of sp³-hybridized carbons (Fsp3) is 0.600. The molecule has 0 N–H and O–H groups in total. The van der Waals surface area contributed by atoms with Crippen LogP contribution >= 0.6 is 0 Å². The van der Waals surface area contributed by atoms with Crippen molar-refractivity contribution >= 4 is 0 Å². The largest absolute Gasteiger partial charge is 2.00 e.